The number of ether oxygens (including phenoxy) is 1. The van der Waals surface area contributed by atoms with Gasteiger partial charge in [0, 0.05) is 39.0 Å². The van der Waals surface area contributed by atoms with Gasteiger partial charge in [-0.1, -0.05) is 0 Å². The van der Waals surface area contributed by atoms with E-state index in [4.69, 9.17) is 4.74 Å². The number of hydrogen-bond donors (Lipinski definition) is 0. The summed E-state index contributed by atoms with van der Waals surface area (Å²) in [4.78, 5) is 24.8. The van der Waals surface area contributed by atoms with Crippen molar-refractivity contribution in [3.63, 3.8) is 0 Å². The maximum atomic E-state index is 11.8. The molecule has 0 bridgehead atoms. The van der Waals surface area contributed by atoms with Crippen LogP contribution in [0.25, 0.3) is 0 Å². The Morgan fingerprint density at radius 1 is 1.19 bits per heavy atom. The Morgan fingerprint density at radius 2 is 2.06 bits per heavy atom. The molecule has 2 aliphatic heterocycles. The van der Waals surface area contributed by atoms with Crippen molar-refractivity contribution in [2.45, 2.75) is 44.6 Å². The third kappa shape index (κ3) is 3.04. The molecule has 90 valence electrons. The predicted octanol–water partition coefficient (Wildman–Crippen LogP) is 1.14. The number of hydrogen-bond acceptors (Lipinski definition) is 3. The van der Waals surface area contributed by atoms with Crippen LogP contribution in [0.5, 0.6) is 0 Å². The van der Waals surface area contributed by atoms with E-state index in [-0.39, 0.29) is 17.8 Å². The summed E-state index contributed by atoms with van der Waals surface area (Å²) >= 11 is 0. The summed E-state index contributed by atoms with van der Waals surface area (Å²) in [7, 11) is 0. The van der Waals surface area contributed by atoms with Gasteiger partial charge in [-0.15, -0.1) is 0 Å². The second kappa shape index (κ2) is 5.43. The van der Waals surface area contributed by atoms with Gasteiger partial charge in [-0.2, -0.15) is 0 Å². The summed E-state index contributed by atoms with van der Waals surface area (Å²) in [6.07, 6.45) is 4.85. The second-order valence-corrected chi connectivity index (χ2v) is 4.62. The topological polar surface area (TPSA) is 46.6 Å². The first kappa shape index (κ1) is 11.6. The molecule has 0 radical (unpaired) electrons. The molecule has 0 aliphatic carbocycles. The average molecular weight is 225 g/mol. The second-order valence-electron chi connectivity index (χ2n) is 4.62. The van der Waals surface area contributed by atoms with Gasteiger partial charge < -0.3 is 9.64 Å². The van der Waals surface area contributed by atoms with Gasteiger partial charge >= 0.3 is 0 Å². The summed E-state index contributed by atoms with van der Waals surface area (Å²) < 4.78 is 5.62. The van der Waals surface area contributed by atoms with Gasteiger partial charge in [-0.3, -0.25) is 9.59 Å². The van der Waals surface area contributed by atoms with Crippen LogP contribution in [-0.4, -0.2) is 42.4 Å². The molecule has 4 nitrogen and oxygen atoms in total. The van der Waals surface area contributed by atoms with Crippen LogP contribution < -0.4 is 0 Å². The Morgan fingerprint density at radius 3 is 2.81 bits per heavy atom. The van der Waals surface area contributed by atoms with Crippen molar-refractivity contribution < 1.29 is 14.3 Å². The minimum Gasteiger partial charge on any atom is -0.376 e. The molecule has 0 N–H and O–H groups in total. The van der Waals surface area contributed by atoms with Crippen LogP contribution in [0.2, 0.25) is 0 Å². The normalized spacial score (nSPS) is 28.0. The first-order valence-electron chi connectivity index (χ1n) is 6.17. The van der Waals surface area contributed by atoms with E-state index in [1.54, 1.807) is 4.90 Å². The lowest BCUT2D eigenvalue weighted by Gasteiger charge is -2.29. The van der Waals surface area contributed by atoms with Gasteiger partial charge in [0.2, 0.25) is 5.91 Å². The highest BCUT2D eigenvalue weighted by Crippen LogP contribution is 2.16. The van der Waals surface area contributed by atoms with Crippen LogP contribution in [0.15, 0.2) is 0 Å². The molecular weight excluding hydrogens is 206 g/mol. The minimum atomic E-state index is 0.111. The van der Waals surface area contributed by atoms with E-state index in [9.17, 15) is 9.59 Å². The molecule has 16 heavy (non-hydrogen) atoms. The third-order valence-electron chi connectivity index (χ3n) is 3.33. The molecule has 0 aromatic rings. The van der Waals surface area contributed by atoms with E-state index in [2.05, 4.69) is 0 Å². The monoisotopic (exact) mass is 225 g/mol. The summed E-state index contributed by atoms with van der Waals surface area (Å²) in [6.45, 7) is 2.06. The van der Waals surface area contributed by atoms with Crippen molar-refractivity contribution >= 4 is 11.7 Å². The first-order chi connectivity index (χ1) is 7.75. The number of carbonyl (C=O) groups is 2. The molecule has 2 rings (SSSR count). The molecule has 2 fully saturated rings. The fourth-order valence-electron chi connectivity index (χ4n) is 2.30. The molecule has 1 atom stereocenters. The van der Waals surface area contributed by atoms with Crippen LogP contribution in [0.3, 0.4) is 0 Å². The zero-order chi connectivity index (χ0) is 11.4. The van der Waals surface area contributed by atoms with Gasteiger partial charge in [0.1, 0.15) is 5.78 Å². The standard InChI is InChI=1S/C12H19NO3/c14-10-4-5-12(15)13(7-6-10)9-11-3-1-2-8-16-11/h11H,1-9H2/t11-/m0/s1. The van der Waals surface area contributed by atoms with Crippen molar-refractivity contribution in [3.05, 3.63) is 0 Å². The fourth-order valence-corrected chi connectivity index (χ4v) is 2.30. The molecule has 0 unspecified atom stereocenters. The Balaban J connectivity index is 1.86. The molecule has 1 amide bonds. The summed E-state index contributed by atoms with van der Waals surface area (Å²) in [5.41, 5.74) is 0. The van der Waals surface area contributed by atoms with E-state index in [0.717, 1.165) is 19.4 Å². The number of likely N-dealkylation sites (tertiary alicyclic amines) is 1. The quantitative estimate of drug-likeness (QED) is 0.708. The van der Waals surface area contributed by atoms with E-state index in [1.807, 2.05) is 0 Å². The average Bonchev–Trinajstić information content (AvgIpc) is 2.46. The molecule has 0 spiro atoms. The van der Waals surface area contributed by atoms with E-state index >= 15 is 0 Å². The smallest absolute Gasteiger partial charge is 0.223 e. The van der Waals surface area contributed by atoms with Gasteiger partial charge in [0.25, 0.3) is 0 Å². The van der Waals surface area contributed by atoms with E-state index in [0.29, 0.717) is 32.4 Å². The Hall–Kier alpha value is -0.900. The number of nitrogens with zero attached hydrogens (tertiary/aromatic N) is 1. The lowest BCUT2D eigenvalue weighted by Crippen LogP contribution is -2.39. The Kier molecular flexibility index (Phi) is 3.93. The first-order valence-corrected chi connectivity index (χ1v) is 6.17. The van der Waals surface area contributed by atoms with Gasteiger partial charge in [0.05, 0.1) is 6.10 Å². The van der Waals surface area contributed by atoms with Crippen molar-refractivity contribution in [1.82, 2.24) is 4.90 Å². The zero-order valence-electron chi connectivity index (χ0n) is 9.61. The molecule has 2 heterocycles. The number of rotatable bonds is 2. The molecule has 2 saturated heterocycles. The summed E-state index contributed by atoms with van der Waals surface area (Å²) in [6, 6.07) is 0. The number of Topliss-reactive ketones (excluding diaryl/α,β-unsaturated/α-hetero) is 1. The largest absolute Gasteiger partial charge is 0.376 e. The zero-order valence-corrected chi connectivity index (χ0v) is 9.61. The lowest BCUT2D eigenvalue weighted by molar-refractivity contribution is -0.133. The number of ketones is 1. The summed E-state index contributed by atoms with van der Waals surface area (Å²) in [5, 5.41) is 0. The highest BCUT2D eigenvalue weighted by molar-refractivity contribution is 5.87. The molecule has 2 aliphatic rings. The van der Waals surface area contributed by atoms with Crippen molar-refractivity contribution in [2.24, 2.45) is 0 Å². The lowest BCUT2D eigenvalue weighted by atomic mass is 10.1. The number of carbonyl (C=O) groups excluding carboxylic acids is 2. The van der Waals surface area contributed by atoms with Crippen LogP contribution >= 0.6 is 0 Å². The molecule has 0 aromatic heterocycles. The highest BCUT2D eigenvalue weighted by atomic mass is 16.5. The van der Waals surface area contributed by atoms with E-state index < -0.39 is 0 Å². The SMILES string of the molecule is O=C1CCC(=O)N(C[C@@H]2CCCCO2)CC1. The Labute approximate surface area is 95.9 Å². The fraction of sp³-hybridized carbons (Fsp3) is 0.833. The molecule has 0 aromatic carbocycles. The van der Waals surface area contributed by atoms with Crippen molar-refractivity contribution in [2.75, 3.05) is 19.7 Å². The van der Waals surface area contributed by atoms with E-state index in [1.165, 1.54) is 6.42 Å². The number of amides is 1. The van der Waals surface area contributed by atoms with Crippen molar-refractivity contribution in [1.29, 1.82) is 0 Å². The molecular formula is C12H19NO3. The van der Waals surface area contributed by atoms with Gasteiger partial charge in [0.15, 0.2) is 0 Å². The highest BCUT2D eigenvalue weighted by Gasteiger charge is 2.24. The Bertz CT molecular complexity index is 271. The molecule has 0 saturated carbocycles. The van der Waals surface area contributed by atoms with Crippen LogP contribution in [0, 0.1) is 0 Å². The minimum absolute atomic E-state index is 0.111. The van der Waals surface area contributed by atoms with Crippen LogP contribution in [-0.2, 0) is 14.3 Å². The molecule has 4 heteroatoms. The van der Waals surface area contributed by atoms with Gasteiger partial charge in [-0.05, 0) is 19.3 Å². The third-order valence-corrected chi connectivity index (χ3v) is 3.33. The summed E-state index contributed by atoms with van der Waals surface area (Å²) in [5.74, 6) is 0.320. The predicted molar refractivity (Wildman–Crippen MR) is 59.0 cm³/mol. The van der Waals surface area contributed by atoms with Gasteiger partial charge in [-0.25, -0.2) is 0 Å². The maximum absolute atomic E-state index is 11.8. The maximum Gasteiger partial charge on any atom is 0.223 e. The van der Waals surface area contributed by atoms with Crippen LogP contribution in [0.1, 0.15) is 38.5 Å². The van der Waals surface area contributed by atoms with Crippen LogP contribution in [0.4, 0.5) is 0 Å². The van der Waals surface area contributed by atoms with Crippen molar-refractivity contribution in [3.8, 4) is 0 Å².